The molecule has 0 radical (unpaired) electrons. The van der Waals surface area contributed by atoms with Crippen LogP contribution in [0.5, 0.6) is 0 Å². The highest BCUT2D eigenvalue weighted by Gasteiger charge is 2.35. The summed E-state index contributed by atoms with van der Waals surface area (Å²) in [5, 5.41) is -0.230. The fourth-order valence-electron chi connectivity index (χ4n) is 2.99. The van der Waals surface area contributed by atoms with Crippen molar-refractivity contribution < 1.29 is 8.42 Å². The van der Waals surface area contributed by atoms with Crippen molar-refractivity contribution in [2.45, 2.75) is 49.8 Å². The molecule has 6 nitrogen and oxygen atoms in total. The van der Waals surface area contributed by atoms with Gasteiger partial charge in [-0.1, -0.05) is 6.42 Å². The van der Waals surface area contributed by atoms with E-state index < -0.39 is 10.0 Å². The Hall–Kier alpha value is -0.890. The SMILES string of the molecule is Cl.NC(CCN1CCCCC1)c1cc(NS(=O)(=O)C2CC2)ccn1. The van der Waals surface area contributed by atoms with Gasteiger partial charge in [0.05, 0.1) is 16.6 Å². The first kappa shape index (κ1) is 19.4. The molecule has 1 unspecified atom stereocenters. The van der Waals surface area contributed by atoms with E-state index in [-0.39, 0.29) is 23.7 Å². The Kier molecular flexibility index (Phi) is 6.86. The number of anilines is 1. The molecule has 1 aromatic rings. The van der Waals surface area contributed by atoms with Gasteiger partial charge in [0.2, 0.25) is 10.0 Å². The van der Waals surface area contributed by atoms with E-state index in [1.807, 2.05) is 0 Å². The van der Waals surface area contributed by atoms with Gasteiger partial charge in [-0.25, -0.2) is 8.42 Å². The summed E-state index contributed by atoms with van der Waals surface area (Å²) >= 11 is 0. The van der Waals surface area contributed by atoms with Crippen molar-refractivity contribution in [2.75, 3.05) is 24.4 Å². The fraction of sp³-hybridized carbons (Fsp3) is 0.688. The monoisotopic (exact) mass is 374 g/mol. The zero-order chi connectivity index (χ0) is 16.3. The number of likely N-dealkylation sites (tertiary alicyclic amines) is 1. The zero-order valence-electron chi connectivity index (χ0n) is 13.9. The Morgan fingerprint density at radius 1 is 1.29 bits per heavy atom. The lowest BCUT2D eigenvalue weighted by atomic mass is 10.1. The largest absolute Gasteiger partial charge is 0.323 e. The number of aromatic nitrogens is 1. The van der Waals surface area contributed by atoms with Gasteiger partial charge in [0, 0.05) is 12.2 Å². The standard InChI is InChI=1S/C16H26N4O2S.ClH/c17-15(7-11-20-9-2-1-3-10-20)16-12-13(6-8-18-16)19-23(21,22)14-4-5-14;/h6,8,12,14-15H,1-5,7,9-11,17H2,(H,18,19);1H. The predicted molar refractivity (Wildman–Crippen MR) is 98.9 cm³/mol. The first-order chi connectivity index (χ1) is 11.0. The molecule has 1 aliphatic carbocycles. The van der Waals surface area contributed by atoms with Crippen LogP contribution in [0.25, 0.3) is 0 Å². The van der Waals surface area contributed by atoms with Gasteiger partial charge in [-0.05, 0) is 63.9 Å². The lowest BCUT2D eigenvalue weighted by Crippen LogP contribution is -2.32. The number of pyridine rings is 1. The summed E-state index contributed by atoms with van der Waals surface area (Å²) in [4.78, 5) is 6.76. The number of nitrogens with two attached hydrogens (primary N) is 1. The molecule has 2 heterocycles. The lowest BCUT2D eigenvalue weighted by molar-refractivity contribution is 0.221. The van der Waals surface area contributed by atoms with Crippen molar-refractivity contribution in [1.82, 2.24) is 9.88 Å². The van der Waals surface area contributed by atoms with Crippen molar-refractivity contribution in [3.05, 3.63) is 24.0 Å². The number of hydrogen-bond donors (Lipinski definition) is 2. The van der Waals surface area contributed by atoms with E-state index in [2.05, 4.69) is 14.6 Å². The third kappa shape index (κ3) is 5.31. The van der Waals surface area contributed by atoms with Crippen LogP contribution in [0.4, 0.5) is 5.69 Å². The Morgan fingerprint density at radius 3 is 2.67 bits per heavy atom. The van der Waals surface area contributed by atoms with Crippen molar-refractivity contribution in [1.29, 1.82) is 0 Å². The number of sulfonamides is 1. The van der Waals surface area contributed by atoms with E-state index in [9.17, 15) is 8.42 Å². The maximum atomic E-state index is 12.0. The first-order valence-corrected chi connectivity index (χ1v) is 10.0. The summed E-state index contributed by atoms with van der Waals surface area (Å²) in [6.45, 7) is 3.28. The van der Waals surface area contributed by atoms with Gasteiger partial charge in [-0.3, -0.25) is 9.71 Å². The molecule has 3 N–H and O–H groups in total. The Balaban J connectivity index is 0.00000208. The molecule has 24 heavy (non-hydrogen) atoms. The molecule has 2 fully saturated rings. The predicted octanol–water partition coefficient (Wildman–Crippen LogP) is 2.28. The number of hydrogen-bond acceptors (Lipinski definition) is 5. The topological polar surface area (TPSA) is 88.3 Å². The van der Waals surface area contributed by atoms with Gasteiger partial charge >= 0.3 is 0 Å². The molecule has 1 atom stereocenters. The van der Waals surface area contributed by atoms with Crippen LogP contribution in [0, 0.1) is 0 Å². The maximum absolute atomic E-state index is 12.0. The Bertz CT molecular complexity index is 631. The van der Waals surface area contributed by atoms with Gasteiger partial charge < -0.3 is 10.6 Å². The second-order valence-electron chi connectivity index (χ2n) is 6.61. The molecule has 0 amide bonds. The van der Waals surface area contributed by atoms with Crippen molar-refractivity contribution >= 4 is 28.1 Å². The first-order valence-electron chi connectivity index (χ1n) is 8.50. The second-order valence-corrected chi connectivity index (χ2v) is 8.57. The summed E-state index contributed by atoms with van der Waals surface area (Å²) < 4.78 is 26.7. The van der Waals surface area contributed by atoms with E-state index in [0.29, 0.717) is 5.69 Å². The highest BCUT2D eigenvalue weighted by molar-refractivity contribution is 7.93. The van der Waals surface area contributed by atoms with Crippen LogP contribution in [0.1, 0.15) is 50.3 Å². The number of nitrogens with zero attached hydrogens (tertiary/aromatic N) is 2. The summed E-state index contributed by atoms with van der Waals surface area (Å²) in [6.07, 6.45) is 7.84. The third-order valence-corrected chi connectivity index (χ3v) is 6.46. The van der Waals surface area contributed by atoms with Gasteiger partial charge in [0.1, 0.15) is 0 Å². The number of rotatable bonds is 7. The van der Waals surface area contributed by atoms with Gasteiger partial charge in [-0.15, -0.1) is 12.4 Å². The van der Waals surface area contributed by atoms with E-state index in [0.717, 1.165) is 44.6 Å². The highest BCUT2D eigenvalue weighted by Crippen LogP contribution is 2.30. The van der Waals surface area contributed by atoms with E-state index in [4.69, 9.17) is 5.73 Å². The molecule has 8 heteroatoms. The summed E-state index contributed by atoms with van der Waals surface area (Å²) in [7, 11) is -3.24. The molecule has 3 rings (SSSR count). The molecule has 0 bridgehead atoms. The molecule has 1 aliphatic heterocycles. The molecular weight excluding hydrogens is 348 g/mol. The summed E-state index contributed by atoms with van der Waals surface area (Å²) in [5.74, 6) is 0. The van der Waals surface area contributed by atoms with Crippen molar-refractivity contribution in [3.63, 3.8) is 0 Å². The third-order valence-electron chi connectivity index (χ3n) is 4.59. The highest BCUT2D eigenvalue weighted by atomic mass is 35.5. The van der Waals surface area contributed by atoms with Crippen molar-refractivity contribution in [3.8, 4) is 0 Å². The van der Waals surface area contributed by atoms with E-state index in [1.54, 1.807) is 18.3 Å². The Labute approximate surface area is 150 Å². The maximum Gasteiger partial charge on any atom is 0.235 e. The molecule has 1 saturated carbocycles. The lowest BCUT2D eigenvalue weighted by Gasteiger charge is -2.27. The summed E-state index contributed by atoms with van der Waals surface area (Å²) in [5.41, 5.74) is 7.56. The molecular formula is C16H27ClN4O2S. The minimum atomic E-state index is -3.24. The number of piperidine rings is 1. The molecule has 2 aliphatic rings. The molecule has 0 aromatic carbocycles. The fourth-order valence-corrected chi connectivity index (χ4v) is 4.37. The minimum Gasteiger partial charge on any atom is -0.323 e. The Morgan fingerprint density at radius 2 is 2.00 bits per heavy atom. The average Bonchev–Trinajstić information content (AvgIpc) is 3.39. The van der Waals surface area contributed by atoms with Crippen molar-refractivity contribution in [2.24, 2.45) is 5.73 Å². The van der Waals surface area contributed by atoms with Crippen LogP contribution >= 0.6 is 12.4 Å². The van der Waals surface area contributed by atoms with E-state index >= 15 is 0 Å². The second kappa shape index (κ2) is 8.47. The molecule has 1 saturated heterocycles. The normalized spacial score (nSPS) is 20.2. The van der Waals surface area contributed by atoms with Gasteiger partial charge in [-0.2, -0.15) is 0 Å². The van der Waals surface area contributed by atoms with Crippen LogP contribution in [-0.4, -0.2) is 43.2 Å². The van der Waals surface area contributed by atoms with Crippen LogP contribution in [0.15, 0.2) is 18.3 Å². The van der Waals surface area contributed by atoms with Crippen LogP contribution in [0.2, 0.25) is 0 Å². The smallest absolute Gasteiger partial charge is 0.235 e. The molecule has 136 valence electrons. The minimum absolute atomic E-state index is 0. The number of nitrogens with one attached hydrogen (secondary N) is 1. The quantitative estimate of drug-likeness (QED) is 0.764. The van der Waals surface area contributed by atoms with Gasteiger partial charge in [0.15, 0.2) is 0 Å². The van der Waals surface area contributed by atoms with Crippen LogP contribution in [0.3, 0.4) is 0 Å². The van der Waals surface area contributed by atoms with Crippen LogP contribution < -0.4 is 10.5 Å². The molecule has 1 aromatic heterocycles. The molecule has 0 spiro atoms. The summed E-state index contributed by atoms with van der Waals surface area (Å²) in [6, 6.07) is 3.28. The van der Waals surface area contributed by atoms with E-state index in [1.165, 1.54) is 19.3 Å². The van der Waals surface area contributed by atoms with Gasteiger partial charge in [0.25, 0.3) is 0 Å². The zero-order valence-corrected chi connectivity index (χ0v) is 15.5. The number of halogens is 1. The van der Waals surface area contributed by atoms with Crippen LogP contribution in [-0.2, 0) is 10.0 Å². The average molecular weight is 375 g/mol.